The number of hydrogen-bond donors (Lipinski definition) is 1. The predicted octanol–water partition coefficient (Wildman–Crippen LogP) is 3.57. The molecule has 1 aliphatic heterocycles. The Hall–Kier alpha value is -0.545. The molecule has 1 saturated heterocycles. The Morgan fingerprint density at radius 2 is 1.60 bits per heavy atom. The number of methoxy groups -OCH3 is 1. The fraction of sp³-hybridized carbons (Fsp3) is 0.950. The minimum absolute atomic E-state index is 0.00118. The highest BCUT2D eigenvalue weighted by Crippen LogP contribution is 2.19. The highest BCUT2D eigenvalue weighted by molar-refractivity contribution is 6.11. The zero-order chi connectivity index (χ0) is 18.3. The van der Waals surface area contributed by atoms with Gasteiger partial charge in [-0.25, -0.2) is 0 Å². The second-order valence-corrected chi connectivity index (χ2v) is 7.64. The van der Waals surface area contributed by atoms with Crippen LogP contribution < -0.4 is 5.32 Å². The van der Waals surface area contributed by atoms with Gasteiger partial charge in [-0.2, -0.15) is 0 Å². The van der Waals surface area contributed by atoms with Crippen LogP contribution in [0.3, 0.4) is 0 Å². The molecular formula is C20H40BNO3. The molecule has 0 aliphatic carbocycles. The Morgan fingerprint density at radius 3 is 2.16 bits per heavy atom. The number of unbranched alkanes of at least 4 members (excludes halogenated alkanes) is 10. The van der Waals surface area contributed by atoms with Crippen molar-refractivity contribution in [2.45, 2.75) is 109 Å². The van der Waals surface area contributed by atoms with Crippen LogP contribution in [0.15, 0.2) is 0 Å². The lowest BCUT2D eigenvalue weighted by atomic mass is 9.95. The summed E-state index contributed by atoms with van der Waals surface area (Å²) < 4.78 is 11.0. The van der Waals surface area contributed by atoms with E-state index in [1.54, 1.807) is 7.11 Å². The molecule has 1 N–H and O–H groups in total. The molecule has 0 aromatic rings. The van der Waals surface area contributed by atoms with Crippen molar-refractivity contribution >= 4 is 13.8 Å². The first-order valence-corrected chi connectivity index (χ1v) is 10.6. The maximum atomic E-state index is 12.1. The summed E-state index contributed by atoms with van der Waals surface area (Å²) in [6.45, 7) is 2.81. The molecule has 0 spiro atoms. The molecule has 0 bridgehead atoms. The van der Waals surface area contributed by atoms with Crippen molar-refractivity contribution in [1.29, 1.82) is 0 Å². The molecule has 1 rings (SSSR count). The van der Waals surface area contributed by atoms with Crippen LogP contribution in [0.5, 0.6) is 0 Å². The van der Waals surface area contributed by atoms with Gasteiger partial charge in [0.25, 0.3) is 0 Å². The van der Waals surface area contributed by atoms with Gasteiger partial charge in [0.15, 0.2) is 0 Å². The first kappa shape index (κ1) is 22.5. The van der Waals surface area contributed by atoms with Crippen LogP contribution in [0.4, 0.5) is 0 Å². The van der Waals surface area contributed by atoms with E-state index in [-0.39, 0.29) is 24.1 Å². The predicted molar refractivity (Wildman–Crippen MR) is 107 cm³/mol. The van der Waals surface area contributed by atoms with Crippen LogP contribution in [0.1, 0.15) is 90.4 Å². The topological polar surface area (TPSA) is 47.6 Å². The van der Waals surface area contributed by atoms with Crippen molar-refractivity contribution in [3.05, 3.63) is 0 Å². The Kier molecular flexibility index (Phi) is 13.1. The van der Waals surface area contributed by atoms with E-state index in [2.05, 4.69) is 20.1 Å². The fourth-order valence-electron chi connectivity index (χ4n) is 3.66. The number of carbonyl (C=O) groups is 1. The summed E-state index contributed by atoms with van der Waals surface area (Å²) in [6.07, 6.45) is 15.9. The van der Waals surface area contributed by atoms with Crippen molar-refractivity contribution in [2.75, 3.05) is 13.7 Å². The van der Waals surface area contributed by atoms with Gasteiger partial charge in [0, 0.05) is 19.5 Å². The third-order valence-corrected chi connectivity index (χ3v) is 5.13. The Bertz CT molecular complexity index is 341. The summed E-state index contributed by atoms with van der Waals surface area (Å²) >= 11 is 0. The highest BCUT2D eigenvalue weighted by Gasteiger charge is 2.33. The van der Waals surface area contributed by atoms with E-state index in [1.807, 2.05) is 0 Å². The number of ether oxygens (including phenoxy) is 2. The summed E-state index contributed by atoms with van der Waals surface area (Å²) in [6, 6.07) is 0.308. The monoisotopic (exact) mass is 353 g/mol. The van der Waals surface area contributed by atoms with Crippen molar-refractivity contribution in [3.63, 3.8) is 0 Å². The van der Waals surface area contributed by atoms with E-state index in [0.29, 0.717) is 13.0 Å². The summed E-state index contributed by atoms with van der Waals surface area (Å²) in [4.78, 5) is 12.1. The standard InChI is InChI=1S/C20H40BNO3/c1-3-4-5-6-7-8-9-10-11-12-13-14-20(23)22-17-15-19(21)25-18(17)16-24-2/h17-19H,3-16,21H2,1-2H3,(H,22,23)/t17?,18?,19-/m1/s1. The first-order valence-electron chi connectivity index (χ1n) is 10.6. The fourth-order valence-corrected chi connectivity index (χ4v) is 3.66. The number of nitrogens with one attached hydrogen (secondary N) is 1. The Labute approximate surface area is 156 Å². The van der Waals surface area contributed by atoms with Gasteiger partial charge < -0.3 is 14.8 Å². The van der Waals surface area contributed by atoms with Crippen molar-refractivity contribution in [3.8, 4) is 0 Å². The van der Waals surface area contributed by atoms with E-state index >= 15 is 0 Å². The van der Waals surface area contributed by atoms with Gasteiger partial charge in [0.2, 0.25) is 5.91 Å². The quantitative estimate of drug-likeness (QED) is 0.362. The van der Waals surface area contributed by atoms with Gasteiger partial charge in [0.05, 0.1) is 12.6 Å². The number of amides is 1. The van der Waals surface area contributed by atoms with Gasteiger partial charge in [-0.15, -0.1) is 0 Å². The third kappa shape index (κ3) is 10.9. The van der Waals surface area contributed by atoms with Crippen LogP contribution in [-0.2, 0) is 14.3 Å². The molecule has 0 aromatic carbocycles. The molecule has 1 fully saturated rings. The molecule has 1 aliphatic rings. The summed E-state index contributed by atoms with van der Waals surface area (Å²) in [5.41, 5.74) is 0. The molecule has 0 radical (unpaired) electrons. The summed E-state index contributed by atoms with van der Waals surface area (Å²) in [5, 5.41) is 3.14. The van der Waals surface area contributed by atoms with E-state index < -0.39 is 0 Å². The second kappa shape index (κ2) is 14.6. The van der Waals surface area contributed by atoms with Crippen LogP contribution in [0.25, 0.3) is 0 Å². The van der Waals surface area contributed by atoms with Gasteiger partial charge in [-0.1, -0.05) is 71.1 Å². The minimum Gasteiger partial charge on any atom is -0.382 e. The van der Waals surface area contributed by atoms with Crippen LogP contribution >= 0.6 is 0 Å². The number of carbonyl (C=O) groups excluding carboxylic acids is 1. The molecule has 4 nitrogen and oxygen atoms in total. The zero-order valence-electron chi connectivity index (χ0n) is 16.9. The molecule has 1 heterocycles. The van der Waals surface area contributed by atoms with Crippen molar-refractivity contribution in [2.24, 2.45) is 0 Å². The normalized spacial score (nSPS) is 23.0. The molecule has 3 atom stereocenters. The minimum atomic E-state index is 0.00118. The maximum absolute atomic E-state index is 12.1. The Morgan fingerprint density at radius 1 is 1.04 bits per heavy atom. The van der Waals surface area contributed by atoms with E-state index in [4.69, 9.17) is 9.47 Å². The van der Waals surface area contributed by atoms with Gasteiger partial charge in [-0.3, -0.25) is 4.79 Å². The second-order valence-electron chi connectivity index (χ2n) is 7.64. The summed E-state index contributed by atoms with van der Waals surface area (Å²) in [5.74, 6) is 0.166. The number of hydrogen-bond acceptors (Lipinski definition) is 3. The lowest BCUT2D eigenvalue weighted by Crippen LogP contribution is -2.42. The molecule has 25 heavy (non-hydrogen) atoms. The molecule has 0 saturated carbocycles. The lowest BCUT2D eigenvalue weighted by Gasteiger charge is -2.19. The van der Waals surface area contributed by atoms with E-state index in [1.165, 1.54) is 64.2 Å². The highest BCUT2D eigenvalue weighted by atomic mass is 16.5. The lowest BCUT2D eigenvalue weighted by molar-refractivity contribution is -0.122. The maximum Gasteiger partial charge on any atom is 0.220 e. The van der Waals surface area contributed by atoms with E-state index in [9.17, 15) is 4.79 Å². The summed E-state index contributed by atoms with van der Waals surface area (Å²) in [7, 11) is 3.73. The molecular weight excluding hydrogens is 313 g/mol. The van der Waals surface area contributed by atoms with Gasteiger partial charge in [0.1, 0.15) is 14.0 Å². The van der Waals surface area contributed by atoms with Gasteiger partial charge in [-0.05, 0) is 12.8 Å². The third-order valence-electron chi connectivity index (χ3n) is 5.13. The first-order chi connectivity index (χ1) is 12.2. The van der Waals surface area contributed by atoms with Crippen LogP contribution in [-0.4, -0.2) is 45.6 Å². The molecule has 146 valence electrons. The largest absolute Gasteiger partial charge is 0.382 e. The molecule has 0 aromatic heterocycles. The van der Waals surface area contributed by atoms with Crippen LogP contribution in [0, 0.1) is 0 Å². The number of rotatable bonds is 15. The van der Waals surface area contributed by atoms with Gasteiger partial charge >= 0.3 is 0 Å². The SMILES string of the molecule is B[C@H]1CC(NC(=O)CCCCCCCCCCCCC)C(COC)O1. The smallest absolute Gasteiger partial charge is 0.220 e. The molecule has 2 unspecified atom stereocenters. The Balaban J connectivity index is 1.95. The zero-order valence-corrected chi connectivity index (χ0v) is 16.9. The van der Waals surface area contributed by atoms with E-state index in [0.717, 1.165) is 12.8 Å². The average Bonchev–Trinajstić information content (AvgIpc) is 2.92. The van der Waals surface area contributed by atoms with Crippen molar-refractivity contribution < 1.29 is 14.3 Å². The molecule has 1 amide bonds. The van der Waals surface area contributed by atoms with Crippen LogP contribution in [0.2, 0.25) is 0 Å². The average molecular weight is 353 g/mol. The molecule has 5 heteroatoms. The van der Waals surface area contributed by atoms with Crippen molar-refractivity contribution in [1.82, 2.24) is 5.32 Å².